The molecule has 0 saturated carbocycles. The Balaban J connectivity index is 2.05. The average Bonchev–Trinajstić information content (AvgIpc) is 2.83. The van der Waals surface area contributed by atoms with Crippen LogP contribution in [0.4, 0.5) is 14.5 Å². The first-order valence-electron chi connectivity index (χ1n) is 5.89. The lowest BCUT2D eigenvalue weighted by Crippen LogP contribution is -2.15. The lowest BCUT2D eigenvalue weighted by molar-refractivity contribution is 0.590. The molecule has 0 amide bonds. The van der Waals surface area contributed by atoms with Crippen LogP contribution in [0.1, 0.15) is 12.8 Å². The zero-order chi connectivity index (χ0) is 12.5. The second-order valence-corrected chi connectivity index (χ2v) is 4.43. The number of anilines is 1. The Morgan fingerprint density at radius 3 is 2.72 bits per heavy atom. The van der Waals surface area contributed by atoms with E-state index in [1.807, 2.05) is 0 Å². The fourth-order valence-electron chi connectivity index (χ4n) is 2.26. The normalized spacial score (nSPS) is 15.4. The van der Waals surface area contributed by atoms with Crippen molar-refractivity contribution < 1.29 is 8.78 Å². The molecular weight excluding hydrogens is 234 g/mol. The molecule has 0 bridgehead atoms. The molecule has 2 aromatic rings. The van der Waals surface area contributed by atoms with Crippen molar-refractivity contribution in [3.05, 3.63) is 48.2 Å². The number of aromatic nitrogens is 1. The van der Waals surface area contributed by atoms with Crippen LogP contribution in [0.25, 0.3) is 10.9 Å². The lowest BCUT2D eigenvalue weighted by Gasteiger charge is -2.15. The highest BCUT2D eigenvalue weighted by Gasteiger charge is 2.13. The molecule has 1 aliphatic carbocycles. The summed E-state index contributed by atoms with van der Waals surface area (Å²) in [6, 6.07) is 4.22. The third kappa shape index (κ3) is 1.94. The molecule has 92 valence electrons. The van der Waals surface area contributed by atoms with E-state index in [-0.39, 0.29) is 5.52 Å². The summed E-state index contributed by atoms with van der Waals surface area (Å²) >= 11 is 0. The first-order valence-corrected chi connectivity index (χ1v) is 5.89. The summed E-state index contributed by atoms with van der Waals surface area (Å²) in [5.74, 6) is -1.21. The van der Waals surface area contributed by atoms with Gasteiger partial charge in [-0.1, -0.05) is 12.2 Å². The van der Waals surface area contributed by atoms with Crippen LogP contribution in [-0.2, 0) is 0 Å². The van der Waals surface area contributed by atoms with E-state index >= 15 is 0 Å². The molecule has 1 heterocycles. The summed E-state index contributed by atoms with van der Waals surface area (Å²) in [4.78, 5) is 3.96. The second kappa shape index (κ2) is 4.37. The highest BCUT2D eigenvalue weighted by Crippen LogP contribution is 2.27. The van der Waals surface area contributed by atoms with Gasteiger partial charge in [-0.2, -0.15) is 0 Å². The van der Waals surface area contributed by atoms with Crippen LogP contribution in [0.15, 0.2) is 36.5 Å². The summed E-state index contributed by atoms with van der Waals surface area (Å²) < 4.78 is 26.9. The minimum absolute atomic E-state index is 0.201. The van der Waals surface area contributed by atoms with E-state index in [4.69, 9.17) is 0 Å². The number of fused-ring (bicyclic) bond motifs is 1. The highest BCUT2D eigenvalue weighted by molar-refractivity contribution is 5.91. The molecule has 18 heavy (non-hydrogen) atoms. The molecule has 2 nitrogen and oxygen atoms in total. The number of benzene rings is 1. The largest absolute Gasteiger partial charge is 0.381 e. The predicted molar refractivity (Wildman–Crippen MR) is 67.4 cm³/mol. The van der Waals surface area contributed by atoms with E-state index < -0.39 is 11.6 Å². The van der Waals surface area contributed by atoms with E-state index in [1.54, 1.807) is 6.07 Å². The molecule has 0 atom stereocenters. The van der Waals surface area contributed by atoms with E-state index in [1.165, 1.54) is 12.3 Å². The standard InChI is InChI=1S/C14H12F2N2/c15-9-7-11-13(18-10-3-1-2-4-10)5-6-17-14(11)12(16)8-9/h1-2,5-8,10H,3-4H2,(H,17,18). The van der Waals surface area contributed by atoms with Crippen molar-refractivity contribution in [2.75, 3.05) is 5.32 Å². The number of hydrogen-bond donors (Lipinski definition) is 1. The van der Waals surface area contributed by atoms with E-state index in [0.717, 1.165) is 24.6 Å². The zero-order valence-corrected chi connectivity index (χ0v) is 9.66. The fraction of sp³-hybridized carbons (Fsp3) is 0.214. The summed E-state index contributed by atoms with van der Waals surface area (Å²) in [5.41, 5.74) is 0.930. The molecule has 0 unspecified atom stereocenters. The lowest BCUT2D eigenvalue weighted by atomic mass is 10.1. The number of nitrogens with one attached hydrogen (secondary N) is 1. The van der Waals surface area contributed by atoms with E-state index in [9.17, 15) is 8.78 Å². The van der Waals surface area contributed by atoms with Gasteiger partial charge in [0.15, 0.2) is 5.82 Å². The number of hydrogen-bond acceptors (Lipinski definition) is 2. The van der Waals surface area contributed by atoms with Crippen molar-refractivity contribution in [2.24, 2.45) is 0 Å². The van der Waals surface area contributed by atoms with Crippen LogP contribution >= 0.6 is 0 Å². The third-order valence-corrected chi connectivity index (χ3v) is 3.13. The molecule has 0 aliphatic heterocycles. The summed E-state index contributed by atoms with van der Waals surface area (Å²) in [7, 11) is 0. The smallest absolute Gasteiger partial charge is 0.152 e. The van der Waals surface area contributed by atoms with Gasteiger partial charge in [-0.25, -0.2) is 8.78 Å². The van der Waals surface area contributed by atoms with Gasteiger partial charge in [-0.15, -0.1) is 0 Å². The molecule has 1 aromatic carbocycles. The van der Waals surface area contributed by atoms with Crippen LogP contribution in [-0.4, -0.2) is 11.0 Å². The Labute approximate surface area is 103 Å². The number of halogens is 2. The third-order valence-electron chi connectivity index (χ3n) is 3.13. The molecule has 1 aliphatic rings. The zero-order valence-electron chi connectivity index (χ0n) is 9.66. The molecular formula is C14H12F2N2. The minimum atomic E-state index is -0.627. The van der Waals surface area contributed by atoms with Gasteiger partial charge in [0.2, 0.25) is 0 Å². The Kier molecular flexibility index (Phi) is 2.70. The highest BCUT2D eigenvalue weighted by atomic mass is 19.1. The second-order valence-electron chi connectivity index (χ2n) is 4.43. The Hall–Kier alpha value is -1.97. The Morgan fingerprint density at radius 2 is 1.94 bits per heavy atom. The number of nitrogens with zero attached hydrogens (tertiary/aromatic N) is 1. The van der Waals surface area contributed by atoms with Crippen molar-refractivity contribution in [1.82, 2.24) is 4.98 Å². The minimum Gasteiger partial charge on any atom is -0.381 e. The van der Waals surface area contributed by atoms with Gasteiger partial charge in [-0.3, -0.25) is 4.98 Å². The maximum absolute atomic E-state index is 13.6. The van der Waals surface area contributed by atoms with Gasteiger partial charge in [0.1, 0.15) is 11.3 Å². The monoisotopic (exact) mass is 246 g/mol. The van der Waals surface area contributed by atoms with Crippen molar-refractivity contribution >= 4 is 16.6 Å². The maximum atomic E-state index is 13.6. The van der Waals surface area contributed by atoms with Crippen molar-refractivity contribution in [1.29, 1.82) is 0 Å². The fourth-order valence-corrected chi connectivity index (χ4v) is 2.26. The summed E-state index contributed by atoms with van der Waals surface area (Å²) in [6.07, 6.45) is 7.60. The molecule has 0 spiro atoms. The van der Waals surface area contributed by atoms with Gasteiger partial charge in [0.05, 0.1) is 0 Å². The van der Waals surface area contributed by atoms with Gasteiger partial charge in [-0.05, 0) is 25.0 Å². The molecule has 1 N–H and O–H groups in total. The molecule has 0 fully saturated rings. The van der Waals surface area contributed by atoms with Crippen molar-refractivity contribution in [2.45, 2.75) is 18.9 Å². The van der Waals surface area contributed by atoms with Gasteiger partial charge in [0.25, 0.3) is 0 Å². The van der Waals surface area contributed by atoms with Crippen molar-refractivity contribution in [3.8, 4) is 0 Å². The first-order chi connectivity index (χ1) is 8.74. The maximum Gasteiger partial charge on any atom is 0.152 e. The van der Waals surface area contributed by atoms with Crippen LogP contribution in [0.2, 0.25) is 0 Å². The molecule has 0 radical (unpaired) electrons. The summed E-state index contributed by atoms with van der Waals surface area (Å²) in [6.45, 7) is 0. The quantitative estimate of drug-likeness (QED) is 0.818. The molecule has 0 saturated heterocycles. The van der Waals surface area contributed by atoms with Gasteiger partial charge in [0, 0.05) is 29.4 Å². The number of rotatable bonds is 2. The average molecular weight is 246 g/mol. The first kappa shape index (κ1) is 11.1. The summed E-state index contributed by atoms with van der Waals surface area (Å²) in [5, 5.41) is 3.79. The van der Waals surface area contributed by atoms with Crippen molar-refractivity contribution in [3.63, 3.8) is 0 Å². The van der Waals surface area contributed by atoms with Crippen LogP contribution in [0, 0.1) is 11.6 Å². The molecule has 4 heteroatoms. The Morgan fingerprint density at radius 1 is 1.17 bits per heavy atom. The number of pyridine rings is 1. The van der Waals surface area contributed by atoms with Crippen LogP contribution in [0.3, 0.4) is 0 Å². The van der Waals surface area contributed by atoms with Crippen LogP contribution in [0.5, 0.6) is 0 Å². The van der Waals surface area contributed by atoms with Crippen LogP contribution < -0.4 is 5.32 Å². The van der Waals surface area contributed by atoms with E-state index in [0.29, 0.717) is 11.4 Å². The van der Waals surface area contributed by atoms with E-state index in [2.05, 4.69) is 22.5 Å². The van der Waals surface area contributed by atoms with Gasteiger partial charge < -0.3 is 5.32 Å². The Bertz CT molecular complexity index is 614. The SMILES string of the molecule is Fc1cc(F)c2nccc(NC3CC=CC3)c2c1. The molecule has 1 aromatic heterocycles. The van der Waals surface area contributed by atoms with Gasteiger partial charge >= 0.3 is 0 Å². The topological polar surface area (TPSA) is 24.9 Å². The molecule has 3 rings (SSSR count). The predicted octanol–water partition coefficient (Wildman–Crippen LogP) is 3.64.